The Morgan fingerprint density at radius 2 is 2.15 bits per heavy atom. The zero-order valence-electron chi connectivity index (χ0n) is 11.6. The van der Waals surface area contributed by atoms with Crippen molar-refractivity contribution >= 4 is 31.9 Å². The van der Waals surface area contributed by atoms with E-state index in [1.54, 1.807) is 6.33 Å². The topological polar surface area (TPSA) is 42.7 Å². The van der Waals surface area contributed by atoms with E-state index in [2.05, 4.69) is 72.4 Å². The van der Waals surface area contributed by atoms with Gasteiger partial charge in [0.15, 0.2) is 0 Å². The van der Waals surface area contributed by atoms with Crippen molar-refractivity contribution in [3.63, 3.8) is 0 Å². The maximum atomic E-state index is 4.32. The Hall–Kier alpha value is -0.720. The predicted octanol–water partition coefficient (Wildman–Crippen LogP) is 3.62. The predicted molar refractivity (Wildman–Crippen MR) is 87.6 cm³/mol. The standard InChI is InChI=1S/C14H18Br2N4/c1-3-6-17-13(8-14-18-9-19-20(14)2)11-5-4-10(15)7-12(11)16/h4-5,7,9,13,17H,3,6,8H2,1-2H3. The second-order valence-electron chi connectivity index (χ2n) is 4.68. The third-order valence-electron chi connectivity index (χ3n) is 3.17. The first-order valence-electron chi connectivity index (χ1n) is 6.63. The number of hydrogen-bond acceptors (Lipinski definition) is 3. The SMILES string of the molecule is CCCNC(Cc1ncnn1C)c1ccc(Br)cc1Br. The molecule has 2 aromatic rings. The van der Waals surface area contributed by atoms with Gasteiger partial charge in [0, 0.05) is 28.5 Å². The molecule has 1 aromatic carbocycles. The molecule has 1 atom stereocenters. The molecule has 4 nitrogen and oxygen atoms in total. The van der Waals surface area contributed by atoms with E-state index in [1.807, 2.05) is 11.7 Å². The van der Waals surface area contributed by atoms with Gasteiger partial charge in [-0.05, 0) is 30.7 Å². The van der Waals surface area contributed by atoms with Crippen LogP contribution in [0.2, 0.25) is 0 Å². The molecule has 2 rings (SSSR count). The Morgan fingerprint density at radius 1 is 1.35 bits per heavy atom. The van der Waals surface area contributed by atoms with E-state index >= 15 is 0 Å². The molecular formula is C14H18Br2N4. The maximum absolute atomic E-state index is 4.32. The summed E-state index contributed by atoms with van der Waals surface area (Å²) in [6, 6.07) is 6.50. The Balaban J connectivity index is 2.24. The quantitative estimate of drug-likeness (QED) is 0.803. The third kappa shape index (κ3) is 3.90. The van der Waals surface area contributed by atoms with Crippen LogP contribution in [0.4, 0.5) is 0 Å². The van der Waals surface area contributed by atoms with Gasteiger partial charge in [-0.25, -0.2) is 4.98 Å². The minimum absolute atomic E-state index is 0.223. The molecule has 0 aliphatic carbocycles. The fourth-order valence-corrected chi connectivity index (χ4v) is 3.41. The first-order valence-corrected chi connectivity index (χ1v) is 8.21. The van der Waals surface area contributed by atoms with Gasteiger partial charge in [0.2, 0.25) is 0 Å². The van der Waals surface area contributed by atoms with Gasteiger partial charge in [-0.1, -0.05) is 44.8 Å². The van der Waals surface area contributed by atoms with E-state index in [-0.39, 0.29) is 6.04 Å². The zero-order valence-corrected chi connectivity index (χ0v) is 14.8. The summed E-state index contributed by atoms with van der Waals surface area (Å²) < 4.78 is 4.00. The molecule has 1 heterocycles. The van der Waals surface area contributed by atoms with E-state index in [1.165, 1.54) is 5.56 Å². The summed E-state index contributed by atoms with van der Waals surface area (Å²) in [4.78, 5) is 4.32. The highest BCUT2D eigenvalue weighted by molar-refractivity contribution is 9.11. The molecule has 0 fully saturated rings. The van der Waals surface area contributed by atoms with Gasteiger partial charge >= 0.3 is 0 Å². The molecule has 0 saturated carbocycles. The highest BCUT2D eigenvalue weighted by atomic mass is 79.9. The molecule has 0 saturated heterocycles. The Labute approximate surface area is 136 Å². The summed E-state index contributed by atoms with van der Waals surface area (Å²) in [5.74, 6) is 0.980. The van der Waals surface area contributed by atoms with E-state index in [9.17, 15) is 0 Å². The molecule has 0 amide bonds. The second-order valence-corrected chi connectivity index (χ2v) is 6.45. The van der Waals surface area contributed by atoms with Crippen molar-refractivity contribution in [3.05, 3.63) is 44.9 Å². The van der Waals surface area contributed by atoms with Crippen LogP contribution in [-0.4, -0.2) is 21.3 Å². The normalized spacial score (nSPS) is 12.6. The fourth-order valence-electron chi connectivity index (χ4n) is 2.08. The molecule has 20 heavy (non-hydrogen) atoms. The lowest BCUT2D eigenvalue weighted by atomic mass is 10.0. The number of benzene rings is 1. The molecule has 108 valence electrons. The second kappa shape index (κ2) is 7.33. The van der Waals surface area contributed by atoms with Gasteiger partial charge in [-0.2, -0.15) is 5.10 Å². The summed E-state index contributed by atoms with van der Waals surface area (Å²) in [6.07, 6.45) is 3.52. The summed E-state index contributed by atoms with van der Waals surface area (Å²) >= 11 is 7.14. The number of aryl methyl sites for hydroxylation is 1. The Bertz CT molecular complexity index is 568. The zero-order chi connectivity index (χ0) is 14.5. The summed E-state index contributed by atoms with van der Waals surface area (Å²) in [5.41, 5.74) is 1.24. The van der Waals surface area contributed by atoms with Crippen LogP contribution >= 0.6 is 31.9 Å². The van der Waals surface area contributed by atoms with Gasteiger partial charge in [-0.15, -0.1) is 0 Å². The number of hydrogen-bond donors (Lipinski definition) is 1. The third-order valence-corrected chi connectivity index (χ3v) is 4.35. The number of halogens is 2. The van der Waals surface area contributed by atoms with E-state index in [0.717, 1.165) is 34.2 Å². The van der Waals surface area contributed by atoms with Gasteiger partial charge < -0.3 is 5.32 Å². The lowest BCUT2D eigenvalue weighted by Crippen LogP contribution is -2.25. The molecular weight excluding hydrogens is 384 g/mol. The highest BCUT2D eigenvalue weighted by Gasteiger charge is 2.17. The van der Waals surface area contributed by atoms with Crippen LogP contribution in [0.3, 0.4) is 0 Å². The summed E-state index contributed by atoms with van der Waals surface area (Å²) in [7, 11) is 1.93. The van der Waals surface area contributed by atoms with Crippen LogP contribution in [0.5, 0.6) is 0 Å². The Kier molecular flexibility index (Phi) is 5.74. The minimum Gasteiger partial charge on any atom is -0.310 e. The smallest absolute Gasteiger partial charge is 0.138 e. The summed E-state index contributed by atoms with van der Waals surface area (Å²) in [6.45, 7) is 3.15. The lowest BCUT2D eigenvalue weighted by Gasteiger charge is -2.20. The first-order chi connectivity index (χ1) is 9.61. The lowest BCUT2D eigenvalue weighted by molar-refractivity contribution is 0.505. The van der Waals surface area contributed by atoms with Gasteiger partial charge in [-0.3, -0.25) is 4.68 Å². The van der Waals surface area contributed by atoms with Crippen molar-refractivity contribution in [2.75, 3.05) is 6.54 Å². The highest BCUT2D eigenvalue weighted by Crippen LogP contribution is 2.28. The molecule has 1 N–H and O–H groups in total. The average molecular weight is 402 g/mol. The molecule has 0 aliphatic rings. The molecule has 0 radical (unpaired) electrons. The van der Waals surface area contributed by atoms with Crippen molar-refractivity contribution in [2.45, 2.75) is 25.8 Å². The van der Waals surface area contributed by atoms with Crippen molar-refractivity contribution in [1.29, 1.82) is 0 Å². The van der Waals surface area contributed by atoms with Crippen LogP contribution in [0, 0.1) is 0 Å². The van der Waals surface area contributed by atoms with Crippen LogP contribution in [0.15, 0.2) is 33.5 Å². The van der Waals surface area contributed by atoms with Crippen molar-refractivity contribution in [3.8, 4) is 0 Å². The number of rotatable bonds is 6. The number of nitrogens with zero attached hydrogens (tertiary/aromatic N) is 3. The van der Waals surface area contributed by atoms with E-state index < -0.39 is 0 Å². The van der Waals surface area contributed by atoms with Crippen molar-refractivity contribution < 1.29 is 0 Å². The maximum Gasteiger partial charge on any atom is 0.138 e. The van der Waals surface area contributed by atoms with E-state index in [4.69, 9.17) is 0 Å². The molecule has 0 spiro atoms. The average Bonchev–Trinajstić information content (AvgIpc) is 2.80. The number of nitrogens with one attached hydrogen (secondary N) is 1. The van der Waals surface area contributed by atoms with Crippen LogP contribution < -0.4 is 5.32 Å². The minimum atomic E-state index is 0.223. The van der Waals surface area contributed by atoms with Crippen molar-refractivity contribution in [2.24, 2.45) is 7.05 Å². The van der Waals surface area contributed by atoms with Gasteiger partial charge in [0.1, 0.15) is 12.2 Å². The largest absolute Gasteiger partial charge is 0.310 e. The summed E-state index contributed by atoms with van der Waals surface area (Å²) in [5, 5.41) is 7.72. The molecule has 1 unspecified atom stereocenters. The van der Waals surface area contributed by atoms with Gasteiger partial charge in [0.05, 0.1) is 0 Å². The molecule has 0 bridgehead atoms. The number of aromatic nitrogens is 3. The fraction of sp³-hybridized carbons (Fsp3) is 0.429. The Morgan fingerprint density at radius 3 is 2.75 bits per heavy atom. The molecule has 0 aliphatic heterocycles. The monoisotopic (exact) mass is 400 g/mol. The van der Waals surface area contributed by atoms with Crippen LogP contribution in [0.1, 0.15) is 30.8 Å². The molecule has 6 heteroatoms. The molecule has 1 aromatic heterocycles. The van der Waals surface area contributed by atoms with Crippen molar-refractivity contribution in [1.82, 2.24) is 20.1 Å². The van der Waals surface area contributed by atoms with Crippen LogP contribution in [0.25, 0.3) is 0 Å². The van der Waals surface area contributed by atoms with E-state index in [0.29, 0.717) is 0 Å². The first kappa shape index (κ1) is 15.7. The van der Waals surface area contributed by atoms with Crippen LogP contribution in [-0.2, 0) is 13.5 Å². The van der Waals surface area contributed by atoms with Gasteiger partial charge in [0.25, 0.3) is 0 Å².